The molecular formula is C15H30N2O3. The number of carbonyl (C=O) groups is 1. The van der Waals surface area contributed by atoms with Gasteiger partial charge < -0.3 is 4.90 Å². The van der Waals surface area contributed by atoms with E-state index in [2.05, 4.69) is 11.0 Å². The number of hydrogen-bond acceptors (Lipinski definition) is 4. The van der Waals surface area contributed by atoms with Crippen molar-refractivity contribution in [2.24, 2.45) is 11.8 Å². The minimum Gasteiger partial charge on any atom is -0.343 e. The van der Waals surface area contributed by atoms with Gasteiger partial charge in [-0.05, 0) is 38.5 Å². The van der Waals surface area contributed by atoms with Crippen LogP contribution in [0.4, 0.5) is 0 Å². The van der Waals surface area contributed by atoms with Crippen molar-refractivity contribution < 1.29 is 14.9 Å². The topological polar surface area (TPSA) is 73.6 Å². The second-order valence-corrected chi connectivity index (χ2v) is 4.59. The van der Waals surface area contributed by atoms with Crippen molar-refractivity contribution >= 4 is 5.91 Å². The zero-order chi connectivity index (χ0) is 16.0. The highest BCUT2D eigenvalue weighted by molar-refractivity contribution is 5.73. The lowest BCUT2D eigenvalue weighted by molar-refractivity contribution is -0.214. The summed E-state index contributed by atoms with van der Waals surface area (Å²) in [5.41, 5.74) is 0. The molecule has 0 radical (unpaired) electrons. The van der Waals surface area contributed by atoms with E-state index in [9.17, 15) is 4.79 Å². The van der Waals surface area contributed by atoms with Gasteiger partial charge in [-0.25, -0.2) is 4.89 Å². The van der Waals surface area contributed by atoms with Crippen molar-refractivity contribution in [3.8, 4) is 6.07 Å². The van der Waals surface area contributed by atoms with Crippen molar-refractivity contribution in [3.05, 3.63) is 0 Å². The Morgan fingerprint density at radius 3 is 2.10 bits per heavy atom. The van der Waals surface area contributed by atoms with Crippen LogP contribution < -0.4 is 0 Å². The lowest BCUT2D eigenvalue weighted by Gasteiger charge is -2.29. The van der Waals surface area contributed by atoms with Crippen molar-refractivity contribution in [1.29, 1.82) is 5.26 Å². The predicted octanol–water partition coefficient (Wildman–Crippen LogP) is 3.32. The summed E-state index contributed by atoms with van der Waals surface area (Å²) in [4.78, 5) is 16.4. The molecule has 0 atom stereocenters. The largest absolute Gasteiger partial charge is 0.343 e. The van der Waals surface area contributed by atoms with Gasteiger partial charge in [0.15, 0.2) is 0 Å². The normalized spacial score (nSPS) is 20.4. The summed E-state index contributed by atoms with van der Waals surface area (Å²) >= 11 is 0. The fourth-order valence-corrected chi connectivity index (χ4v) is 2.27. The van der Waals surface area contributed by atoms with Crippen LogP contribution in [0.2, 0.25) is 0 Å². The van der Waals surface area contributed by atoms with Gasteiger partial charge in [-0.2, -0.15) is 5.26 Å². The van der Waals surface area contributed by atoms with Gasteiger partial charge in [-0.3, -0.25) is 10.1 Å². The molecule has 0 aromatic rings. The van der Waals surface area contributed by atoms with E-state index in [-0.39, 0.29) is 11.8 Å². The van der Waals surface area contributed by atoms with Crippen LogP contribution in [0.25, 0.3) is 0 Å². The van der Waals surface area contributed by atoms with Gasteiger partial charge in [0, 0.05) is 25.9 Å². The number of rotatable bonds is 3. The highest BCUT2D eigenvalue weighted by atomic mass is 17.1. The molecule has 0 aromatic heterocycles. The Hall–Kier alpha value is -1.12. The average molecular weight is 286 g/mol. The second kappa shape index (κ2) is 14.3. The molecule has 1 rings (SSSR count). The minimum absolute atomic E-state index is 0.167. The van der Waals surface area contributed by atoms with Crippen LogP contribution in [0.5, 0.6) is 0 Å². The van der Waals surface area contributed by atoms with E-state index in [1.807, 2.05) is 25.7 Å². The Labute approximate surface area is 123 Å². The molecule has 0 aromatic carbocycles. The van der Waals surface area contributed by atoms with Crippen molar-refractivity contribution in [2.45, 2.75) is 53.4 Å². The van der Waals surface area contributed by atoms with Gasteiger partial charge in [0.25, 0.3) is 0 Å². The molecule has 5 nitrogen and oxygen atoms in total. The predicted molar refractivity (Wildman–Crippen MR) is 80.0 cm³/mol. The van der Waals surface area contributed by atoms with Crippen molar-refractivity contribution in [3.63, 3.8) is 0 Å². The van der Waals surface area contributed by atoms with Crippen LogP contribution in [0.15, 0.2) is 0 Å². The molecule has 0 spiro atoms. The van der Waals surface area contributed by atoms with Crippen molar-refractivity contribution in [2.75, 3.05) is 20.2 Å². The number of amides is 1. The fraction of sp³-hybridized carbons (Fsp3) is 0.867. The summed E-state index contributed by atoms with van der Waals surface area (Å²) in [6.45, 7) is 9.32. The Kier molecular flexibility index (Phi) is 15.1. The molecule has 20 heavy (non-hydrogen) atoms. The molecular weight excluding hydrogens is 256 g/mol. The molecule has 1 N–H and O–H groups in total. The van der Waals surface area contributed by atoms with E-state index in [4.69, 9.17) is 10.5 Å². The smallest absolute Gasteiger partial charge is 0.219 e. The first-order valence-electron chi connectivity index (χ1n) is 7.41. The first kappa shape index (κ1) is 21.2. The Bertz CT molecular complexity index is 269. The van der Waals surface area contributed by atoms with Crippen LogP contribution in [0.1, 0.15) is 53.4 Å². The molecule has 1 saturated carbocycles. The lowest BCUT2D eigenvalue weighted by Crippen LogP contribution is -2.34. The van der Waals surface area contributed by atoms with Crippen molar-refractivity contribution in [1.82, 2.24) is 4.90 Å². The number of hydrogen-bond donors (Lipinski definition) is 1. The van der Waals surface area contributed by atoms with Crippen LogP contribution in [-0.2, 0) is 9.68 Å². The molecule has 1 aliphatic rings. The summed E-state index contributed by atoms with van der Waals surface area (Å²) in [6, 6.07) is 2.33. The molecule has 1 fully saturated rings. The maximum absolute atomic E-state index is 11.2. The molecule has 0 unspecified atom stereocenters. The zero-order valence-corrected chi connectivity index (χ0v) is 13.6. The molecule has 5 heteroatoms. The standard InChI is InChI=1S/C12H20N2O.C2H6.CH4O2/c1-3-14(10(2)15)9-12-6-4-11(8-13)5-7-12;1-2;1-3-2/h11-12H,3-7,9H2,1-2H3;1-2H3;2H,1H3. The number of nitriles is 1. The van der Waals surface area contributed by atoms with Crippen LogP contribution >= 0.6 is 0 Å². The van der Waals surface area contributed by atoms with Gasteiger partial charge in [0.05, 0.1) is 13.2 Å². The Morgan fingerprint density at radius 1 is 1.35 bits per heavy atom. The third-order valence-electron chi connectivity index (χ3n) is 3.33. The highest BCUT2D eigenvalue weighted by Gasteiger charge is 2.22. The average Bonchev–Trinajstić information content (AvgIpc) is 2.48. The number of carbonyl (C=O) groups excluding carboxylic acids is 1. The molecule has 0 heterocycles. The van der Waals surface area contributed by atoms with Crippen LogP contribution in [0.3, 0.4) is 0 Å². The lowest BCUT2D eigenvalue weighted by atomic mass is 9.82. The quantitative estimate of drug-likeness (QED) is 0.638. The third kappa shape index (κ3) is 9.76. The SMILES string of the molecule is CC.CCN(CC1CCC(C#N)CC1)C(C)=O.COO. The summed E-state index contributed by atoms with van der Waals surface area (Å²) in [6.07, 6.45) is 4.22. The Balaban J connectivity index is 0. The summed E-state index contributed by atoms with van der Waals surface area (Å²) in [7, 11) is 1.18. The first-order chi connectivity index (χ1) is 9.58. The van der Waals surface area contributed by atoms with Crippen LogP contribution in [-0.4, -0.2) is 36.3 Å². The molecule has 118 valence electrons. The van der Waals surface area contributed by atoms with E-state index in [0.717, 1.165) is 38.8 Å². The molecule has 0 aliphatic heterocycles. The first-order valence-corrected chi connectivity index (χ1v) is 7.41. The number of nitrogens with zero attached hydrogens (tertiary/aromatic N) is 2. The van der Waals surface area contributed by atoms with Gasteiger partial charge in [0.2, 0.25) is 5.91 Å². The summed E-state index contributed by atoms with van der Waals surface area (Å²) in [5, 5.41) is 15.8. The monoisotopic (exact) mass is 286 g/mol. The van der Waals surface area contributed by atoms with Gasteiger partial charge in [-0.1, -0.05) is 13.8 Å². The van der Waals surface area contributed by atoms with E-state index in [1.54, 1.807) is 6.92 Å². The molecule has 0 bridgehead atoms. The second-order valence-electron chi connectivity index (χ2n) is 4.59. The maximum atomic E-state index is 11.2. The molecule has 0 saturated heterocycles. The molecule has 1 aliphatic carbocycles. The minimum atomic E-state index is 0.167. The van der Waals surface area contributed by atoms with E-state index in [0.29, 0.717) is 5.92 Å². The highest BCUT2D eigenvalue weighted by Crippen LogP contribution is 2.28. The van der Waals surface area contributed by atoms with Crippen LogP contribution in [0, 0.1) is 23.2 Å². The molecule has 1 amide bonds. The summed E-state index contributed by atoms with van der Waals surface area (Å²) in [5.74, 6) is 1.03. The third-order valence-corrected chi connectivity index (χ3v) is 3.33. The van der Waals surface area contributed by atoms with E-state index >= 15 is 0 Å². The maximum Gasteiger partial charge on any atom is 0.219 e. The van der Waals surface area contributed by atoms with E-state index < -0.39 is 0 Å². The van der Waals surface area contributed by atoms with Gasteiger partial charge in [-0.15, -0.1) is 0 Å². The van der Waals surface area contributed by atoms with E-state index in [1.165, 1.54) is 7.11 Å². The summed E-state index contributed by atoms with van der Waals surface area (Å²) < 4.78 is 0. The van der Waals surface area contributed by atoms with Gasteiger partial charge in [0.1, 0.15) is 0 Å². The zero-order valence-electron chi connectivity index (χ0n) is 13.6. The fourth-order valence-electron chi connectivity index (χ4n) is 2.27. The Morgan fingerprint density at radius 2 is 1.80 bits per heavy atom. The van der Waals surface area contributed by atoms with Gasteiger partial charge >= 0.3 is 0 Å².